The third kappa shape index (κ3) is 2.93. The number of likely N-dealkylation sites (tertiary alicyclic amines) is 1. The van der Waals surface area contributed by atoms with E-state index in [1.54, 1.807) is 13.2 Å². The van der Waals surface area contributed by atoms with E-state index in [0.717, 1.165) is 25.2 Å². The molecule has 18 heavy (non-hydrogen) atoms. The van der Waals surface area contributed by atoms with Crippen molar-refractivity contribution < 1.29 is 9.13 Å². The average molecular weight is 252 g/mol. The monoisotopic (exact) mass is 252 g/mol. The molecule has 0 radical (unpaired) electrons. The summed E-state index contributed by atoms with van der Waals surface area (Å²) in [5, 5.41) is 3.44. The van der Waals surface area contributed by atoms with Gasteiger partial charge in [0.05, 0.1) is 12.8 Å². The lowest BCUT2D eigenvalue weighted by Gasteiger charge is -2.21. The zero-order valence-electron chi connectivity index (χ0n) is 11.2. The number of nitrogens with zero attached hydrogens (tertiary/aromatic N) is 1. The third-order valence-corrected chi connectivity index (χ3v) is 3.47. The molecule has 1 saturated heterocycles. The number of hydrogen-bond acceptors (Lipinski definition) is 3. The lowest BCUT2D eigenvalue weighted by atomic mass is 10.2. The highest BCUT2D eigenvalue weighted by Crippen LogP contribution is 2.27. The maximum atomic E-state index is 13.1. The van der Waals surface area contributed by atoms with Crippen molar-refractivity contribution in [1.82, 2.24) is 4.90 Å². The summed E-state index contributed by atoms with van der Waals surface area (Å²) in [6, 6.07) is 5.60. The number of methoxy groups -OCH3 is 1. The molecule has 1 heterocycles. The Morgan fingerprint density at radius 3 is 2.83 bits per heavy atom. The molecule has 1 aliphatic rings. The van der Waals surface area contributed by atoms with Crippen molar-refractivity contribution >= 4 is 5.69 Å². The second-order valence-corrected chi connectivity index (χ2v) is 5.06. The lowest BCUT2D eigenvalue weighted by molar-refractivity contribution is 0.274. The Morgan fingerprint density at radius 1 is 1.44 bits per heavy atom. The van der Waals surface area contributed by atoms with E-state index in [1.165, 1.54) is 12.1 Å². The van der Waals surface area contributed by atoms with Crippen LogP contribution in [-0.4, -0.2) is 37.2 Å². The van der Waals surface area contributed by atoms with Crippen LogP contribution < -0.4 is 10.1 Å². The Bertz CT molecular complexity index is 409. The molecule has 1 atom stereocenters. The van der Waals surface area contributed by atoms with Crippen molar-refractivity contribution in [3.05, 3.63) is 24.0 Å². The number of anilines is 1. The Kier molecular flexibility index (Phi) is 4.07. The van der Waals surface area contributed by atoms with Gasteiger partial charge in [0.2, 0.25) is 0 Å². The molecule has 0 saturated carbocycles. The second-order valence-electron chi connectivity index (χ2n) is 5.06. The summed E-state index contributed by atoms with van der Waals surface area (Å²) < 4.78 is 18.3. The summed E-state index contributed by atoms with van der Waals surface area (Å²) in [4.78, 5) is 2.44. The van der Waals surface area contributed by atoms with Crippen LogP contribution in [0, 0.1) is 5.82 Å². The molecule has 3 nitrogen and oxygen atoms in total. The minimum absolute atomic E-state index is 0.271. The van der Waals surface area contributed by atoms with Gasteiger partial charge in [-0.15, -0.1) is 0 Å². The highest BCUT2D eigenvalue weighted by molar-refractivity contribution is 5.57. The van der Waals surface area contributed by atoms with Gasteiger partial charge in [0.1, 0.15) is 11.6 Å². The van der Waals surface area contributed by atoms with E-state index in [4.69, 9.17) is 4.74 Å². The van der Waals surface area contributed by atoms with Crippen LogP contribution in [0.3, 0.4) is 0 Å². The number of rotatable bonds is 4. The van der Waals surface area contributed by atoms with Gasteiger partial charge in [-0.3, -0.25) is 4.90 Å². The molecule has 1 unspecified atom stereocenters. The molecule has 1 fully saturated rings. The van der Waals surface area contributed by atoms with Crippen LogP contribution in [0.5, 0.6) is 5.75 Å². The predicted molar refractivity (Wildman–Crippen MR) is 71.7 cm³/mol. The van der Waals surface area contributed by atoms with Gasteiger partial charge in [0.25, 0.3) is 0 Å². The average Bonchev–Trinajstić information content (AvgIpc) is 2.80. The van der Waals surface area contributed by atoms with Crippen molar-refractivity contribution in [3.63, 3.8) is 0 Å². The van der Waals surface area contributed by atoms with Crippen molar-refractivity contribution in [1.29, 1.82) is 0 Å². The van der Waals surface area contributed by atoms with Crippen LogP contribution in [0.15, 0.2) is 18.2 Å². The van der Waals surface area contributed by atoms with Gasteiger partial charge in [0, 0.05) is 31.2 Å². The van der Waals surface area contributed by atoms with Crippen LogP contribution in [0.1, 0.15) is 20.3 Å². The van der Waals surface area contributed by atoms with Gasteiger partial charge < -0.3 is 10.1 Å². The third-order valence-electron chi connectivity index (χ3n) is 3.47. The smallest absolute Gasteiger partial charge is 0.144 e. The zero-order chi connectivity index (χ0) is 13.1. The Hall–Kier alpha value is -1.29. The van der Waals surface area contributed by atoms with Gasteiger partial charge in [-0.2, -0.15) is 0 Å². The maximum Gasteiger partial charge on any atom is 0.144 e. The molecule has 0 spiro atoms. The molecule has 0 amide bonds. The van der Waals surface area contributed by atoms with Crippen molar-refractivity contribution in [3.8, 4) is 5.75 Å². The van der Waals surface area contributed by atoms with Crippen molar-refractivity contribution in [2.24, 2.45) is 0 Å². The first kappa shape index (κ1) is 13.1. The number of halogens is 1. The molecule has 0 bridgehead atoms. The normalized spacial score (nSPS) is 20.4. The van der Waals surface area contributed by atoms with Crippen LogP contribution in [0.4, 0.5) is 10.1 Å². The molecule has 0 aliphatic carbocycles. The minimum atomic E-state index is -0.271. The van der Waals surface area contributed by atoms with Crippen LogP contribution in [-0.2, 0) is 0 Å². The van der Waals surface area contributed by atoms with Crippen molar-refractivity contribution in [2.75, 3.05) is 25.5 Å². The van der Waals surface area contributed by atoms with Gasteiger partial charge >= 0.3 is 0 Å². The van der Waals surface area contributed by atoms with Crippen molar-refractivity contribution in [2.45, 2.75) is 32.4 Å². The van der Waals surface area contributed by atoms with Gasteiger partial charge in [0.15, 0.2) is 0 Å². The number of hydrogen-bond donors (Lipinski definition) is 1. The summed E-state index contributed by atoms with van der Waals surface area (Å²) in [5.74, 6) is 0.297. The van der Waals surface area contributed by atoms with Gasteiger partial charge in [-0.25, -0.2) is 4.39 Å². The standard InChI is InChI=1S/C14H21FN2O/c1-10(2)17-7-6-12(9-17)16-13-5-4-11(15)8-14(13)18-3/h4-5,8,10,12,16H,6-7,9H2,1-3H3. The molecule has 1 N–H and O–H groups in total. The molecule has 1 aromatic rings. The number of ether oxygens (including phenoxy) is 1. The van der Waals surface area contributed by atoms with Crippen LogP contribution >= 0.6 is 0 Å². The summed E-state index contributed by atoms with van der Waals surface area (Å²) in [6.07, 6.45) is 1.11. The summed E-state index contributed by atoms with van der Waals surface area (Å²) in [7, 11) is 1.56. The molecule has 1 aromatic carbocycles. The first-order chi connectivity index (χ1) is 8.60. The van der Waals surface area contributed by atoms with E-state index in [-0.39, 0.29) is 5.82 Å². The number of nitrogens with one attached hydrogen (secondary N) is 1. The quantitative estimate of drug-likeness (QED) is 0.891. The molecule has 2 rings (SSSR count). The Balaban J connectivity index is 2.02. The zero-order valence-corrected chi connectivity index (χ0v) is 11.2. The van der Waals surface area contributed by atoms with Crippen LogP contribution in [0.2, 0.25) is 0 Å². The summed E-state index contributed by atoms with van der Waals surface area (Å²) in [5.41, 5.74) is 0.870. The number of benzene rings is 1. The SMILES string of the molecule is COc1cc(F)ccc1NC1CCN(C(C)C)C1. The molecule has 1 aliphatic heterocycles. The topological polar surface area (TPSA) is 24.5 Å². The van der Waals surface area contributed by atoms with E-state index >= 15 is 0 Å². The molecule has 0 aromatic heterocycles. The molecular formula is C14H21FN2O. The van der Waals surface area contributed by atoms with Crippen LogP contribution in [0.25, 0.3) is 0 Å². The molecular weight excluding hydrogens is 231 g/mol. The van der Waals surface area contributed by atoms with Gasteiger partial charge in [-0.1, -0.05) is 0 Å². The van der Waals surface area contributed by atoms with E-state index in [2.05, 4.69) is 24.1 Å². The highest BCUT2D eigenvalue weighted by Gasteiger charge is 2.24. The Labute approximate surface area is 108 Å². The minimum Gasteiger partial charge on any atom is -0.494 e. The Morgan fingerprint density at radius 2 is 2.22 bits per heavy atom. The van der Waals surface area contributed by atoms with E-state index in [0.29, 0.717) is 17.8 Å². The first-order valence-electron chi connectivity index (χ1n) is 6.44. The summed E-state index contributed by atoms with van der Waals surface area (Å²) in [6.45, 7) is 6.55. The van der Waals surface area contributed by atoms with Gasteiger partial charge in [-0.05, 0) is 32.4 Å². The predicted octanol–water partition coefficient (Wildman–Crippen LogP) is 2.73. The van der Waals surface area contributed by atoms with E-state index < -0.39 is 0 Å². The first-order valence-corrected chi connectivity index (χ1v) is 6.44. The lowest BCUT2D eigenvalue weighted by Crippen LogP contribution is -2.31. The highest BCUT2D eigenvalue weighted by atomic mass is 19.1. The summed E-state index contributed by atoms with van der Waals surface area (Å²) >= 11 is 0. The largest absolute Gasteiger partial charge is 0.494 e. The molecule has 4 heteroatoms. The fraction of sp³-hybridized carbons (Fsp3) is 0.571. The fourth-order valence-electron chi connectivity index (χ4n) is 2.38. The second kappa shape index (κ2) is 5.57. The van der Waals surface area contributed by atoms with E-state index in [1.807, 2.05) is 0 Å². The fourth-order valence-corrected chi connectivity index (χ4v) is 2.38. The molecule has 100 valence electrons. The maximum absolute atomic E-state index is 13.1. The van der Waals surface area contributed by atoms with E-state index in [9.17, 15) is 4.39 Å².